The first-order valence-electron chi connectivity index (χ1n) is 12.0. The van der Waals surface area contributed by atoms with Gasteiger partial charge in [0.25, 0.3) is 11.5 Å². The summed E-state index contributed by atoms with van der Waals surface area (Å²) in [5.41, 5.74) is 3.60. The Balaban J connectivity index is 1.53. The number of fused-ring (bicyclic) bond motifs is 1. The Labute approximate surface area is 205 Å². The number of aromatic nitrogens is 2. The Bertz CT molecular complexity index is 1220. The van der Waals surface area contributed by atoms with E-state index < -0.39 is 0 Å². The minimum atomic E-state index is -0.232. The molecule has 4 rings (SSSR count). The SMILES string of the molecule is CCN(c1cc(Cl)cc(C(=O)NCc2ccc3cc[nH]n3c2=O)c1C)C1CCC(N(C)C)CC1. The van der Waals surface area contributed by atoms with E-state index in [-0.39, 0.29) is 18.0 Å². The number of carbonyl (C=O) groups excluding carboxylic acids is 1. The smallest absolute Gasteiger partial charge is 0.274 e. The van der Waals surface area contributed by atoms with Crippen LogP contribution < -0.4 is 15.8 Å². The molecule has 1 aliphatic carbocycles. The first-order valence-corrected chi connectivity index (χ1v) is 12.4. The van der Waals surface area contributed by atoms with Crippen molar-refractivity contribution in [2.45, 2.75) is 58.2 Å². The molecule has 0 spiro atoms. The summed E-state index contributed by atoms with van der Waals surface area (Å²) < 4.78 is 1.47. The van der Waals surface area contributed by atoms with Crippen LogP contribution in [0.3, 0.4) is 0 Å². The van der Waals surface area contributed by atoms with Crippen LogP contribution in [0.15, 0.2) is 41.3 Å². The summed E-state index contributed by atoms with van der Waals surface area (Å²) in [5, 5.41) is 6.35. The van der Waals surface area contributed by atoms with E-state index in [1.54, 1.807) is 18.3 Å². The van der Waals surface area contributed by atoms with Gasteiger partial charge in [-0.15, -0.1) is 0 Å². The van der Waals surface area contributed by atoms with Gasteiger partial charge < -0.3 is 15.1 Å². The second-order valence-corrected chi connectivity index (χ2v) is 9.81. The minimum absolute atomic E-state index is 0.146. The zero-order valence-electron chi connectivity index (χ0n) is 20.4. The third-order valence-electron chi connectivity index (χ3n) is 7.17. The summed E-state index contributed by atoms with van der Waals surface area (Å²) in [5.74, 6) is -0.232. The van der Waals surface area contributed by atoms with E-state index in [9.17, 15) is 9.59 Å². The van der Waals surface area contributed by atoms with Crippen molar-refractivity contribution in [3.05, 3.63) is 68.6 Å². The maximum Gasteiger partial charge on any atom is 0.274 e. The van der Waals surface area contributed by atoms with E-state index in [0.717, 1.165) is 36.2 Å². The normalized spacial score (nSPS) is 18.4. The summed E-state index contributed by atoms with van der Waals surface area (Å²) in [6.07, 6.45) is 6.29. The van der Waals surface area contributed by atoms with Gasteiger partial charge in [0.15, 0.2) is 0 Å². The molecule has 7 nitrogen and oxygen atoms in total. The number of nitrogens with zero attached hydrogens (tertiary/aromatic N) is 3. The quantitative estimate of drug-likeness (QED) is 0.527. The third-order valence-corrected chi connectivity index (χ3v) is 7.38. The summed E-state index contributed by atoms with van der Waals surface area (Å²) in [7, 11) is 4.30. The number of carbonyl (C=O) groups is 1. The number of rotatable bonds is 7. The van der Waals surface area contributed by atoms with Crippen molar-refractivity contribution < 1.29 is 4.79 Å². The highest BCUT2D eigenvalue weighted by Crippen LogP contribution is 2.34. The Hall–Kier alpha value is -2.77. The number of halogens is 1. The first-order chi connectivity index (χ1) is 16.3. The van der Waals surface area contributed by atoms with Crippen LogP contribution in [0.25, 0.3) is 5.52 Å². The number of hydrogen-bond donors (Lipinski definition) is 2. The maximum atomic E-state index is 13.2. The molecule has 1 fully saturated rings. The summed E-state index contributed by atoms with van der Waals surface area (Å²) in [6.45, 7) is 5.14. The molecule has 1 aromatic carbocycles. The predicted molar refractivity (Wildman–Crippen MR) is 138 cm³/mol. The summed E-state index contributed by atoms with van der Waals surface area (Å²) in [4.78, 5) is 30.5. The highest BCUT2D eigenvalue weighted by Gasteiger charge is 2.28. The second-order valence-electron chi connectivity index (χ2n) is 9.38. The highest BCUT2D eigenvalue weighted by molar-refractivity contribution is 6.31. The van der Waals surface area contributed by atoms with Crippen molar-refractivity contribution in [1.82, 2.24) is 19.8 Å². The van der Waals surface area contributed by atoms with E-state index in [1.165, 1.54) is 17.4 Å². The van der Waals surface area contributed by atoms with E-state index in [4.69, 9.17) is 11.6 Å². The lowest BCUT2D eigenvalue weighted by Gasteiger charge is -2.40. The fourth-order valence-corrected chi connectivity index (χ4v) is 5.38. The Morgan fingerprint density at radius 2 is 1.85 bits per heavy atom. The molecule has 182 valence electrons. The van der Waals surface area contributed by atoms with Crippen molar-refractivity contribution in [3.63, 3.8) is 0 Å². The number of aromatic amines is 1. The molecule has 0 unspecified atom stereocenters. The fourth-order valence-electron chi connectivity index (χ4n) is 5.17. The molecule has 1 aliphatic rings. The Kier molecular flexibility index (Phi) is 7.33. The van der Waals surface area contributed by atoms with Gasteiger partial charge in [0, 0.05) is 53.2 Å². The molecule has 3 aromatic rings. The van der Waals surface area contributed by atoms with Crippen molar-refractivity contribution >= 4 is 28.7 Å². The van der Waals surface area contributed by atoms with Crippen LogP contribution in [0.1, 0.15) is 54.1 Å². The monoisotopic (exact) mass is 483 g/mol. The Morgan fingerprint density at radius 1 is 1.15 bits per heavy atom. The molecule has 0 radical (unpaired) electrons. The summed E-state index contributed by atoms with van der Waals surface area (Å²) in [6, 6.07) is 10.2. The maximum absolute atomic E-state index is 13.2. The molecule has 0 atom stereocenters. The molecule has 1 saturated carbocycles. The zero-order chi connectivity index (χ0) is 24.4. The average Bonchev–Trinajstić information content (AvgIpc) is 3.31. The van der Waals surface area contributed by atoms with Crippen LogP contribution in [0.5, 0.6) is 0 Å². The Morgan fingerprint density at radius 3 is 2.53 bits per heavy atom. The summed E-state index contributed by atoms with van der Waals surface area (Å²) >= 11 is 6.50. The van der Waals surface area contributed by atoms with E-state index in [1.807, 2.05) is 25.1 Å². The van der Waals surface area contributed by atoms with Gasteiger partial charge in [-0.3, -0.25) is 14.7 Å². The van der Waals surface area contributed by atoms with Crippen molar-refractivity contribution in [2.24, 2.45) is 0 Å². The number of hydrogen-bond acceptors (Lipinski definition) is 4. The van der Waals surface area contributed by atoms with Gasteiger partial charge in [0.1, 0.15) is 0 Å². The molecule has 8 heteroatoms. The molecule has 0 aliphatic heterocycles. The standard InChI is InChI=1S/C26H34ClN5O2/c1-5-31(21-10-8-20(9-11-21)30(3)4)24-15-19(27)14-23(17(24)2)25(33)28-16-18-6-7-22-12-13-29-32(22)26(18)34/h6-7,12-15,20-21,29H,5,8-11,16H2,1-4H3,(H,28,33). The lowest BCUT2D eigenvalue weighted by molar-refractivity contribution is 0.0950. The highest BCUT2D eigenvalue weighted by atomic mass is 35.5. The topological polar surface area (TPSA) is 72.9 Å². The molecule has 2 N–H and O–H groups in total. The van der Waals surface area contributed by atoms with E-state index >= 15 is 0 Å². The van der Waals surface area contributed by atoms with Gasteiger partial charge in [0.05, 0.1) is 5.52 Å². The van der Waals surface area contributed by atoms with Gasteiger partial charge in [-0.2, -0.15) is 0 Å². The van der Waals surface area contributed by atoms with Gasteiger partial charge in [-0.1, -0.05) is 11.6 Å². The third kappa shape index (κ3) is 4.86. The van der Waals surface area contributed by atoms with Crippen LogP contribution in [0.4, 0.5) is 5.69 Å². The van der Waals surface area contributed by atoms with Crippen molar-refractivity contribution in [2.75, 3.05) is 25.5 Å². The number of H-pyrrole nitrogens is 1. The van der Waals surface area contributed by atoms with Gasteiger partial charge in [-0.25, -0.2) is 4.52 Å². The van der Waals surface area contributed by atoms with Gasteiger partial charge in [0.2, 0.25) is 0 Å². The van der Waals surface area contributed by atoms with Crippen LogP contribution >= 0.6 is 11.6 Å². The molecule has 0 bridgehead atoms. The van der Waals surface area contributed by atoms with E-state index in [0.29, 0.717) is 28.2 Å². The number of anilines is 1. The largest absolute Gasteiger partial charge is 0.369 e. The molecular formula is C26H34ClN5O2. The number of nitrogens with one attached hydrogen (secondary N) is 2. The van der Waals surface area contributed by atoms with E-state index in [2.05, 4.69) is 41.2 Å². The average molecular weight is 484 g/mol. The van der Waals surface area contributed by atoms with Gasteiger partial charge in [-0.05, 0) is 89.5 Å². The fraction of sp³-hybridized carbons (Fsp3) is 0.462. The van der Waals surface area contributed by atoms with Crippen molar-refractivity contribution in [1.29, 1.82) is 0 Å². The molecule has 1 amide bonds. The molecule has 34 heavy (non-hydrogen) atoms. The number of pyridine rings is 1. The number of amides is 1. The first kappa shape index (κ1) is 24.4. The van der Waals surface area contributed by atoms with Crippen LogP contribution in [0, 0.1) is 6.92 Å². The lowest BCUT2D eigenvalue weighted by atomic mass is 9.89. The molecule has 2 heterocycles. The predicted octanol–water partition coefficient (Wildman–Crippen LogP) is 4.22. The van der Waals surface area contributed by atoms with Crippen LogP contribution in [0.2, 0.25) is 5.02 Å². The lowest BCUT2D eigenvalue weighted by Crippen LogP contribution is -2.42. The van der Waals surface area contributed by atoms with Crippen LogP contribution in [-0.2, 0) is 6.54 Å². The zero-order valence-corrected chi connectivity index (χ0v) is 21.2. The molecule has 0 saturated heterocycles. The van der Waals surface area contributed by atoms with Crippen LogP contribution in [-0.4, -0.2) is 53.1 Å². The molecule has 2 aromatic heterocycles. The number of benzene rings is 1. The van der Waals surface area contributed by atoms with Crippen molar-refractivity contribution in [3.8, 4) is 0 Å². The molecular weight excluding hydrogens is 450 g/mol. The van der Waals surface area contributed by atoms with Gasteiger partial charge >= 0.3 is 0 Å². The minimum Gasteiger partial charge on any atom is -0.369 e. The second kappa shape index (κ2) is 10.2.